The number of carbonyl (C=O) groups excluding carboxylic acids is 1. The van der Waals surface area contributed by atoms with Crippen LogP contribution in [0.2, 0.25) is 0 Å². The fourth-order valence-corrected chi connectivity index (χ4v) is 1.53. The van der Waals surface area contributed by atoms with E-state index in [4.69, 9.17) is 9.84 Å². The highest BCUT2D eigenvalue weighted by molar-refractivity contribution is 5.94. The van der Waals surface area contributed by atoms with Gasteiger partial charge < -0.3 is 15.2 Å². The van der Waals surface area contributed by atoms with Gasteiger partial charge in [0.15, 0.2) is 11.6 Å². The lowest BCUT2D eigenvalue weighted by Gasteiger charge is -2.23. The van der Waals surface area contributed by atoms with Crippen LogP contribution in [0.1, 0.15) is 30.6 Å². The van der Waals surface area contributed by atoms with E-state index in [9.17, 15) is 14.0 Å². The summed E-state index contributed by atoms with van der Waals surface area (Å²) in [6, 6.07) is 3.72. The van der Waals surface area contributed by atoms with Crippen LogP contribution in [-0.4, -0.2) is 30.6 Å². The minimum Gasteiger partial charge on any atom is -0.494 e. The highest BCUT2D eigenvalue weighted by Crippen LogP contribution is 2.21. The van der Waals surface area contributed by atoms with Gasteiger partial charge in [0.2, 0.25) is 0 Å². The molecule has 1 unspecified atom stereocenters. The number of amides is 1. The van der Waals surface area contributed by atoms with Crippen molar-refractivity contribution in [2.45, 2.75) is 20.3 Å². The van der Waals surface area contributed by atoms with Crippen molar-refractivity contribution >= 4 is 11.9 Å². The van der Waals surface area contributed by atoms with Crippen molar-refractivity contribution < 1.29 is 23.8 Å². The number of methoxy groups -OCH3 is 1. The van der Waals surface area contributed by atoms with Crippen molar-refractivity contribution in [1.82, 2.24) is 5.32 Å². The fourth-order valence-electron chi connectivity index (χ4n) is 1.53. The molecule has 0 bridgehead atoms. The van der Waals surface area contributed by atoms with Gasteiger partial charge in [0.05, 0.1) is 12.5 Å². The van der Waals surface area contributed by atoms with Crippen LogP contribution in [-0.2, 0) is 4.79 Å². The van der Waals surface area contributed by atoms with Crippen molar-refractivity contribution in [3.8, 4) is 5.75 Å². The van der Waals surface area contributed by atoms with Gasteiger partial charge in [-0.2, -0.15) is 0 Å². The number of halogens is 1. The van der Waals surface area contributed by atoms with Gasteiger partial charge in [0.1, 0.15) is 0 Å². The molecule has 6 heteroatoms. The van der Waals surface area contributed by atoms with Crippen molar-refractivity contribution in [2.75, 3.05) is 13.7 Å². The number of carboxylic acid groups (broad SMARTS) is 1. The second-order valence-electron chi connectivity index (χ2n) is 4.75. The molecule has 0 heterocycles. The van der Waals surface area contributed by atoms with Gasteiger partial charge in [-0.25, -0.2) is 4.39 Å². The lowest BCUT2D eigenvalue weighted by Crippen LogP contribution is -2.40. The van der Waals surface area contributed by atoms with E-state index < -0.39 is 23.1 Å². The smallest absolute Gasteiger partial charge is 0.311 e. The first-order valence-corrected chi connectivity index (χ1v) is 6.19. The Bertz CT molecular complexity index is 518. The van der Waals surface area contributed by atoms with E-state index in [2.05, 4.69) is 5.32 Å². The predicted octanol–water partition coefficient (Wildman–Crippen LogP) is 2.06. The van der Waals surface area contributed by atoms with Gasteiger partial charge in [-0.15, -0.1) is 0 Å². The van der Waals surface area contributed by atoms with E-state index in [0.717, 1.165) is 6.07 Å². The summed E-state index contributed by atoms with van der Waals surface area (Å²) < 4.78 is 18.0. The summed E-state index contributed by atoms with van der Waals surface area (Å²) in [5.41, 5.74) is -0.813. The molecule has 110 valence electrons. The first kappa shape index (κ1) is 15.9. The quantitative estimate of drug-likeness (QED) is 0.838. The molecule has 1 aromatic rings. The van der Waals surface area contributed by atoms with Gasteiger partial charge in [-0.3, -0.25) is 9.59 Å². The minimum atomic E-state index is -1.03. The molecule has 2 N–H and O–H groups in total. The van der Waals surface area contributed by atoms with E-state index in [-0.39, 0.29) is 17.9 Å². The maximum absolute atomic E-state index is 13.2. The van der Waals surface area contributed by atoms with E-state index in [1.807, 2.05) is 0 Å². The maximum Gasteiger partial charge on any atom is 0.311 e. The SMILES string of the molecule is CCC(C)(CNC(=O)c1ccc(F)c(OC)c1)C(=O)O. The monoisotopic (exact) mass is 283 g/mol. The Hall–Kier alpha value is -2.11. The Morgan fingerprint density at radius 2 is 2.10 bits per heavy atom. The Morgan fingerprint density at radius 3 is 2.60 bits per heavy atom. The molecule has 0 fully saturated rings. The summed E-state index contributed by atoms with van der Waals surface area (Å²) in [5, 5.41) is 11.7. The number of carbonyl (C=O) groups is 2. The molecule has 0 aromatic heterocycles. The Morgan fingerprint density at radius 1 is 1.45 bits per heavy atom. The highest BCUT2D eigenvalue weighted by atomic mass is 19.1. The van der Waals surface area contributed by atoms with Gasteiger partial charge in [0, 0.05) is 12.1 Å². The highest BCUT2D eigenvalue weighted by Gasteiger charge is 2.31. The molecule has 0 radical (unpaired) electrons. The first-order chi connectivity index (χ1) is 9.34. The van der Waals surface area contributed by atoms with Crippen LogP contribution < -0.4 is 10.1 Å². The molecule has 0 aliphatic carbocycles. The molecule has 1 amide bonds. The third-order valence-corrected chi connectivity index (χ3v) is 3.35. The van der Waals surface area contributed by atoms with Crippen molar-refractivity contribution in [1.29, 1.82) is 0 Å². The van der Waals surface area contributed by atoms with Crippen LogP contribution in [0, 0.1) is 11.2 Å². The molecule has 0 aliphatic rings. The Balaban J connectivity index is 2.79. The van der Waals surface area contributed by atoms with Crippen molar-refractivity contribution in [3.63, 3.8) is 0 Å². The second kappa shape index (κ2) is 6.36. The topological polar surface area (TPSA) is 75.6 Å². The average Bonchev–Trinajstić information content (AvgIpc) is 2.44. The number of benzene rings is 1. The third-order valence-electron chi connectivity index (χ3n) is 3.35. The lowest BCUT2D eigenvalue weighted by molar-refractivity contribution is -0.147. The molecule has 0 saturated carbocycles. The predicted molar refractivity (Wildman–Crippen MR) is 71.3 cm³/mol. The van der Waals surface area contributed by atoms with Crippen LogP contribution >= 0.6 is 0 Å². The number of hydrogen-bond donors (Lipinski definition) is 2. The summed E-state index contributed by atoms with van der Waals surface area (Å²) in [6.07, 6.45) is 0.384. The molecule has 1 aromatic carbocycles. The van der Waals surface area contributed by atoms with Gasteiger partial charge in [-0.1, -0.05) is 6.92 Å². The Labute approximate surface area is 116 Å². The molecule has 1 atom stereocenters. The van der Waals surface area contributed by atoms with Crippen LogP contribution in [0.3, 0.4) is 0 Å². The summed E-state index contributed by atoms with van der Waals surface area (Å²) in [7, 11) is 1.30. The van der Waals surface area contributed by atoms with E-state index in [1.54, 1.807) is 13.8 Å². The molecular weight excluding hydrogens is 265 g/mol. The number of rotatable bonds is 6. The number of nitrogens with one attached hydrogen (secondary N) is 1. The van der Waals surface area contributed by atoms with Crippen LogP contribution in [0.5, 0.6) is 5.75 Å². The van der Waals surface area contributed by atoms with Crippen LogP contribution in [0.25, 0.3) is 0 Å². The molecule has 1 rings (SSSR count). The minimum absolute atomic E-state index is 0.00262. The zero-order valence-electron chi connectivity index (χ0n) is 11.7. The van der Waals surface area contributed by atoms with E-state index in [0.29, 0.717) is 6.42 Å². The zero-order chi connectivity index (χ0) is 15.3. The fraction of sp³-hybridized carbons (Fsp3) is 0.429. The molecule has 0 aliphatic heterocycles. The summed E-state index contributed by atoms with van der Waals surface area (Å²) >= 11 is 0. The zero-order valence-corrected chi connectivity index (χ0v) is 11.7. The lowest BCUT2D eigenvalue weighted by atomic mass is 9.87. The molecule has 20 heavy (non-hydrogen) atoms. The van der Waals surface area contributed by atoms with Crippen LogP contribution in [0.4, 0.5) is 4.39 Å². The molecule has 0 spiro atoms. The maximum atomic E-state index is 13.2. The summed E-state index contributed by atoms with van der Waals surface area (Å²) in [5.74, 6) is -2.04. The van der Waals surface area contributed by atoms with Gasteiger partial charge in [0.25, 0.3) is 5.91 Å². The third kappa shape index (κ3) is 3.46. The number of carboxylic acids is 1. The normalized spacial score (nSPS) is 13.4. The average molecular weight is 283 g/mol. The van der Waals surface area contributed by atoms with E-state index >= 15 is 0 Å². The van der Waals surface area contributed by atoms with Gasteiger partial charge >= 0.3 is 5.97 Å². The van der Waals surface area contributed by atoms with E-state index in [1.165, 1.54) is 19.2 Å². The summed E-state index contributed by atoms with van der Waals surface area (Å²) in [4.78, 5) is 23.1. The second-order valence-corrected chi connectivity index (χ2v) is 4.75. The largest absolute Gasteiger partial charge is 0.494 e. The number of ether oxygens (including phenoxy) is 1. The summed E-state index contributed by atoms with van der Waals surface area (Å²) in [6.45, 7) is 3.29. The first-order valence-electron chi connectivity index (χ1n) is 6.19. The molecular formula is C14H18FNO4. The van der Waals surface area contributed by atoms with Crippen molar-refractivity contribution in [2.24, 2.45) is 5.41 Å². The van der Waals surface area contributed by atoms with Crippen LogP contribution in [0.15, 0.2) is 18.2 Å². The standard InChI is InChI=1S/C14H18FNO4/c1-4-14(2,13(18)19)8-16-12(17)9-5-6-10(15)11(7-9)20-3/h5-7H,4,8H2,1-3H3,(H,16,17)(H,18,19). The molecule has 5 nitrogen and oxygen atoms in total. The van der Waals surface area contributed by atoms with Crippen molar-refractivity contribution in [3.05, 3.63) is 29.6 Å². The van der Waals surface area contributed by atoms with Gasteiger partial charge in [-0.05, 0) is 31.5 Å². The number of aliphatic carboxylic acids is 1. The number of hydrogen-bond acceptors (Lipinski definition) is 3. The molecule has 0 saturated heterocycles. The Kier molecular flexibility index (Phi) is 5.07.